The van der Waals surface area contributed by atoms with Gasteiger partial charge in [-0.25, -0.2) is 0 Å². The maximum absolute atomic E-state index is 12.5. The predicted molar refractivity (Wildman–Crippen MR) is 77.9 cm³/mol. The number of amides is 1. The van der Waals surface area contributed by atoms with Crippen LogP contribution in [-0.2, 0) is 9.53 Å². The predicted octanol–water partition coefficient (Wildman–Crippen LogP) is 2.17. The maximum atomic E-state index is 12.5. The number of carbonyl (C=O) groups excluding carboxylic acids is 1. The van der Waals surface area contributed by atoms with Crippen molar-refractivity contribution in [1.82, 2.24) is 4.90 Å². The van der Waals surface area contributed by atoms with E-state index in [9.17, 15) is 4.79 Å². The summed E-state index contributed by atoms with van der Waals surface area (Å²) < 4.78 is 5.11. The highest BCUT2D eigenvalue weighted by Gasteiger charge is 2.25. The number of nitrogens with two attached hydrogens (primary N) is 1. The van der Waals surface area contributed by atoms with Crippen molar-refractivity contribution in [2.24, 2.45) is 11.7 Å². The molecule has 1 aliphatic carbocycles. The number of methoxy groups -OCH3 is 1. The first-order valence-corrected chi connectivity index (χ1v) is 7.62. The fourth-order valence-corrected chi connectivity index (χ4v) is 2.88. The Kier molecular flexibility index (Phi) is 7.39. The van der Waals surface area contributed by atoms with Gasteiger partial charge < -0.3 is 15.4 Å². The number of hydrogen-bond donors (Lipinski definition) is 1. The van der Waals surface area contributed by atoms with Crippen LogP contribution in [0.25, 0.3) is 0 Å². The first-order valence-electron chi connectivity index (χ1n) is 7.62. The molecule has 0 aromatic rings. The Labute approximate surface area is 117 Å². The van der Waals surface area contributed by atoms with Gasteiger partial charge in [0.25, 0.3) is 0 Å². The molecular formula is C15H30N2O2. The summed E-state index contributed by atoms with van der Waals surface area (Å²) >= 11 is 0. The molecule has 1 rings (SSSR count). The van der Waals surface area contributed by atoms with Crippen LogP contribution in [0.4, 0.5) is 0 Å². The van der Waals surface area contributed by atoms with E-state index >= 15 is 0 Å². The maximum Gasteiger partial charge on any atom is 0.223 e. The largest absolute Gasteiger partial charge is 0.383 e. The van der Waals surface area contributed by atoms with Gasteiger partial charge in [-0.3, -0.25) is 4.79 Å². The molecule has 0 bridgehead atoms. The lowest BCUT2D eigenvalue weighted by atomic mass is 9.84. The normalized spacial score (nSPS) is 25.1. The average molecular weight is 270 g/mol. The minimum Gasteiger partial charge on any atom is -0.383 e. The second-order valence-electron chi connectivity index (χ2n) is 5.83. The van der Waals surface area contributed by atoms with Gasteiger partial charge in [0.05, 0.1) is 6.61 Å². The average Bonchev–Trinajstić information content (AvgIpc) is 2.38. The topological polar surface area (TPSA) is 55.6 Å². The smallest absolute Gasteiger partial charge is 0.223 e. The molecule has 0 radical (unpaired) electrons. The second-order valence-corrected chi connectivity index (χ2v) is 5.83. The van der Waals surface area contributed by atoms with Crippen molar-refractivity contribution in [2.45, 2.75) is 64.5 Å². The highest BCUT2D eigenvalue weighted by atomic mass is 16.5. The molecule has 1 aliphatic rings. The standard InChI is InChI=1S/C15H30N2O2/c1-4-12(2)17(8-9-19-3)15(18)11-13-6-5-7-14(16)10-13/h12-14H,4-11,16H2,1-3H3. The van der Waals surface area contributed by atoms with Gasteiger partial charge in [-0.15, -0.1) is 0 Å². The van der Waals surface area contributed by atoms with Crippen molar-refractivity contribution >= 4 is 5.91 Å². The summed E-state index contributed by atoms with van der Waals surface area (Å²) in [5, 5.41) is 0. The lowest BCUT2D eigenvalue weighted by Gasteiger charge is -2.32. The van der Waals surface area contributed by atoms with Crippen LogP contribution in [0.2, 0.25) is 0 Å². The molecule has 0 aromatic heterocycles. The van der Waals surface area contributed by atoms with E-state index in [0.29, 0.717) is 37.6 Å². The number of nitrogens with zero attached hydrogens (tertiary/aromatic N) is 1. The zero-order valence-corrected chi connectivity index (χ0v) is 12.7. The highest BCUT2D eigenvalue weighted by molar-refractivity contribution is 5.76. The summed E-state index contributed by atoms with van der Waals surface area (Å²) in [6.07, 6.45) is 6.08. The molecule has 1 amide bonds. The summed E-state index contributed by atoms with van der Waals surface area (Å²) in [6, 6.07) is 0.586. The zero-order valence-electron chi connectivity index (χ0n) is 12.7. The minimum absolute atomic E-state index is 0.269. The number of rotatable bonds is 7. The fourth-order valence-electron chi connectivity index (χ4n) is 2.88. The van der Waals surface area contributed by atoms with Crippen LogP contribution in [0.15, 0.2) is 0 Å². The molecular weight excluding hydrogens is 240 g/mol. The van der Waals surface area contributed by atoms with Gasteiger partial charge in [0.2, 0.25) is 5.91 Å². The molecule has 0 heterocycles. The third-order valence-corrected chi connectivity index (χ3v) is 4.27. The molecule has 0 aliphatic heterocycles. The zero-order chi connectivity index (χ0) is 14.3. The van der Waals surface area contributed by atoms with Crippen LogP contribution < -0.4 is 5.73 Å². The molecule has 0 aromatic carbocycles. The molecule has 2 N–H and O–H groups in total. The Morgan fingerprint density at radius 2 is 2.21 bits per heavy atom. The van der Waals surface area contributed by atoms with Gasteiger partial charge >= 0.3 is 0 Å². The third kappa shape index (κ3) is 5.49. The van der Waals surface area contributed by atoms with E-state index in [1.807, 2.05) is 4.90 Å². The van der Waals surface area contributed by atoms with Gasteiger partial charge in [-0.2, -0.15) is 0 Å². The van der Waals surface area contributed by atoms with Gasteiger partial charge in [0.1, 0.15) is 0 Å². The van der Waals surface area contributed by atoms with E-state index in [4.69, 9.17) is 10.5 Å². The summed E-state index contributed by atoms with van der Waals surface area (Å²) in [5.41, 5.74) is 6.00. The Balaban J connectivity index is 2.50. The molecule has 4 heteroatoms. The SMILES string of the molecule is CCC(C)N(CCOC)C(=O)CC1CCCC(N)C1. The van der Waals surface area contributed by atoms with E-state index in [2.05, 4.69) is 13.8 Å². The summed E-state index contributed by atoms with van der Waals surface area (Å²) in [6.45, 7) is 5.54. The second kappa shape index (κ2) is 8.54. The van der Waals surface area contributed by atoms with Crippen molar-refractivity contribution in [2.75, 3.05) is 20.3 Å². The van der Waals surface area contributed by atoms with Crippen LogP contribution in [0.5, 0.6) is 0 Å². The molecule has 1 saturated carbocycles. The lowest BCUT2D eigenvalue weighted by molar-refractivity contribution is -0.135. The highest BCUT2D eigenvalue weighted by Crippen LogP contribution is 2.26. The number of hydrogen-bond acceptors (Lipinski definition) is 3. The van der Waals surface area contributed by atoms with Gasteiger partial charge in [-0.1, -0.05) is 13.3 Å². The Hall–Kier alpha value is -0.610. The van der Waals surface area contributed by atoms with Crippen LogP contribution in [0.1, 0.15) is 52.4 Å². The molecule has 4 nitrogen and oxygen atoms in total. The molecule has 19 heavy (non-hydrogen) atoms. The van der Waals surface area contributed by atoms with Gasteiger partial charge in [-0.05, 0) is 38.5 Å². The molecule has 0 saturated heterocycles. The first-order chi connectivity index (χ1) is 9.08. The van der Waals surface area contributed by atoms with Crippen LogP contribution >= 0.6 is 0 Å². The number of ether oxygens (including phenoxy) is 1. The van der Waals surface area contributed by atoms with E-state index in [1.54, 1.807) is 7.11 Å². The van der Waals surface area contributed by atoms with Crippen molar-refractivity contribution in [1.29, 1.82) is 0 Å². The van der Waals surface area contributed by atoms with Gasteiger partial charge in [0, 0.05) is 32.2 Å². The Bertz CT molecular complexity index is 271. The van der Waals surface area contributed by atoms with Crippen LogP contribution in [0.3, 0.4) is 0 Å². The van der Waals surface area contributed by atoms with Crippen molar-refractivity contribution in [3.05, 3.63) is 0 Å². The lowest BCUT2D eigenvalue weighted by Crippen LogP contribution is -2.42. The Morgan fingerprint density at radius 3 is 2.79 bits per heavy atom. The molecule has 112 valence electrons. The molecule has 3 atom stereocenters. The fraction of sp³-hybridized carbons (Fsp3) is 0.933. The van der Waals surface area contributed by atoms with E-state index in [-0.39, 0.29) is 5.91 Å². The molecule has 0 spiro atoms. The quantitative estimate of drug-likeness (QED) is 0.771. The minimum atomic E-state index is 0.269. The van der Waals surface area contributed by atoms with E-state index < -0.39 is 0 Å². The van der Waals surface area contributed by atoms with Crippen LogP contribution in [-0.4, -0.2) is 43.2 Å². The number of carbonyl (C=O) groups is 1. The van der Waals surface area contributed by atoms with Crippen molar-refractivity contribution in [3.63, 3.8) is 0 Å². The monoisotopic (exact) mass is 270 g/mol. The first kappa shape index (κ1) is 16.4. The van der Waals surface area contributed by atoms with E-state index in [0.717, 1.165) is 25.7 Å². The van der Waals surface area contributed by atoms with Crippen molar-refractivity contribution < 1.29 is 9.53 Å². The Morgan fingerprint density at radius 1 is 1.47 bits per heavy atom. The third-order valence-electron chi connectivity index (χ3n) is 4.27. The molecule has 1 fully saturated rings. The van der Waals surface area contributed by atoms with E-state index in [1.165, 1.54) is 6.42 Å². The summed E-state index contributed by atoms with van der Waals surface area (Å²) in [7, 11) is 1.68. The van der Waals surface area contributed by atoms with Crippen LogP contribution in [0, 0.1) is 5.92 Å². The van der Waals surface area contributed by atoms with Crippen molar-refractivity contribution in [3.8, 4) is 0 Å². The van der Waals surface area contributed by atoms with Gasteiger partial charge in [0.15, 0.2) is 0 Å². The molecule has 3 unspecified atom stereocenters. The summed E-state index contributed by atoms with van der Waals surface area (Å²) in [5.74, 6) is 0.746. The summed E-state index contributed by atoms with van der Waals surface area (Å²) in [4.78, 5) is 14.4.